The molecular formula is C16H19BrN4O3S. The Hall–Kier alpha value is -1.74. The third-order valence-electron chi connectivity index (χ3n) is 4.32. The number of anilines is 1. The zero-order valence-electron chi connectivity index (χ0n) is 13.6. The first-order valence-electron chi connectivity index (χ1n) is 8.12. The second kappa shape index (κ2) is 7.65. The van der Waals surface area contributed by atoms with E-state index in [9.17, 15) is 13.2 Å². The van der Waals surface area contributed by atoms with Gasteiger partial charge in [-0.25, -0.2) is 18.1 Å². The number of sulfone groups is 1. The normalized spacial score (nSPS) is 15.4. The number of amides is 1. The predicted octanol–water partition coefficient (Wildman–Crippen LogP) is 2.72. The number of halogens is 1. The van der Waals surface area contributed by atoms with E-state index in [2.05, 4.69) is 31.3 Å². The first-order chi connectivity index (χ1) is 12.0. The molecule has 0 spiro atoms. The number of benzene rings is 1. The minimum Gasteiger partial charge on any atom is -0.324 e. The average molecular weight is 427 g/mol. The Morgan fingerprint density at radius 1 is 1.32 bits per heavy atom. The molecule has 1 amide bonds. The number of hydrogen-bond acceptors (Lipinski definition) is 5. The van der Waals surface area contributed by atoms with E-state index >= 15 is 0 Å². The lowest BCUT2D eigenvalue weighted by Crippen LogP contribution is -2.24. The lowest BCUT2D eigenvalue weighted by molar-refractivity contribution is -0.115. The third kappa shape index (κ3) is 4.46. The molecule has 25 heavy (non-hydrogen) atoms. The van der Waals surface area contributed by atoms with Gasteiger partial charge in [0.1, 0.15) is 12.7 Å². The van der Waals surface area contributed by atoms with E-state index < -0.39 is 9.84 Å². The van der Waals surface area contributed by atoms with Crippen molar-refractivity contribution < 1.29 is 13.2 Å². The van der Waals surface area contributed by atoms with Crippen LogP contribution in [0, 0.1) is 0 Å². The Bertz CT molecular complexity index is 846. The minimum absolute atomic E-state index is 0.0534. The van der Waals surface area contributed by atoms with E-state index in [1.807, 2.05) is 6.07 Å². The number of hydrogen-bond donors (Lipinski definition) is 1. The summed E-state index contributed by atoms with van der Waals surface area (Å²) in [6, 6.07) is 5.38. The number of nitrogens with one attached hydrogen (secondary N) is 1. The molecule has 0 unspecified atom stereocenters. The summed E-state index contributed by atoms with van der Waals surface area (Å²) in [5, 5.41) is 6.56. The molecule has 1 saturated carbocycles. The van der Waals surface area contributed by atoms with Crippen molar-refractivity contribution >= 4 is 37.4 Å². The molecule has 1 heterocycles. The summed E-state index contributed by atoms with van der Waals surface area (Å²) in [5.74, 6) is -0.447. The van der Waals surface area contributed by atoms with Crippen LogP contribution >= 0.6 is 15.9 Å². The van der Waals surface area contributed by atoms with Crippen molar-refractivity contribution in [3.05, 3.63) is 35.3 Å². The molecule has 1 aliphatic carbocycles. The van der Waals surface area contributed by atoms with Gasteiger partial charge in [0.25, 0.3) is 0 Å². The molecular weight excluding hydrogens is 408 g/mol. The topological polar surface area (TPSA) is 94.0 Å². The summed E-state index contributed by atoms with van der Waals surface area (Å²) >= 11 is 3.37. The molecule has 2 aromatic rings. The zero-order valence-corrected chi connectivity index (χ0v) is 16.0. The van der Waals surface area contributed by atoms with Crippen molar-refractivity contribution in [2.75, 3.05) is 11.1 Å². The van der Waals surface area contributed by atoms with E-state index in [4.69, 9.17) is 0 Å². The molecule has 9 heteroatoms. The van der Waals surface area contributed by atoms with Crippen molar-refractivity contribution in [1.82, 2.24) is 14.8 Å². The van der Waals surface area contributed by atoms with Gasteiger partial charge in [-0.05, 0) is 31.0 Å². The van der Waals surface area contributed by atoms with Crippen LogP contribution in [-0.4, -0.2) is 40.1 Å². The second-order valence-electron chi connectivity index (χ2n) is 6.07. The summed E-state index contributed by atoms with van der Waals surface area (Å²) in [5.41, 5.74) is 1.20. The number of carbonyl (C=O) groups excluding carboxylic acids is 1. The smallest absolute Gasteiger partial charge is 0.225 e. The Morgan fingerprint density at radius 2 is 2.08 bits per heavy atom. The molecule has 0 saturated heterocycles. The molecule has 3 rings (SSSR count). The maximum Gasteiger partial charge on any atom is 0.225 e. The van der Waals surface area contributed by atoms with E-state index in [1.165, 1.54) is 17.3 Å². The molecule has 1 aliphatic rings. The Balaban J connectivity index is 1.68. The number of nitrogens with zero attached hydrogens (tertiary/aromatic N) is 3. The van der Waals surface area contributed by atoms with Gasteiger partial charge in [-0.2, -0.15) is 5.10 Å². The van der Waals surface area contributed by atoms with Gasteiger partial charge in [0.15, 0.2) is 9.84 Å². The highest BCUT2D eigenvalue weighted by Gasteiger charge is 2.28. The van der Waals surface area contributed by atoms with Gasteiger partial charge in [0.2, 0.25) is 5.91 Å². The minimum atomic E-state index is -3.21. The molecule has 7 nitrogen and oxygen atoms in total. The summed E-state index contributed by atoms with van der Waals surface area (Å²) < 4.78 is 26.9. The summed E-state index contributed by atoms with van der Waals surface area (Å²) in [4.78, 5) is 16.2. The van der Waals surface area contributed by atoms with Crippen molar-refractivity contribution in [2.45, 2.75) is 37.4 Å². The van der Waals surface area contributed by atoms with Crippen LogP contribution in [0.25, 0.3) is 5.69 Å². The maximum absolute atomic E-state index is 12.3. The van der Waals surface area contributed by atoms with Gasteiger partial charge in [-0.1, -0.05) is 28.8 Å². The molecule has 1 N–H and O–H groups in total. The SMILES string of the molecule is O=C(CCS(=O)(=O)C1CCCC1)Nc1cc(Br)ccc1-n1cncn1. The number of rotatable bonds is 6. The van der Waals surface area contributed by atoms with Crippen LogP contribution in [0.5, 0.6) is 0 Å². The van der Waals surface area contributed by atoms with Crippen molar-refractivity contribution in [1.29, 1.82) is 0 Å². The van der Waals surface area contributed by atoms with Gasteiger partial charge < -0.3 is 5.32 Å². The summed E-state index contributed by atoms with van der Waals surface area (Å²) in [7, 11) is -3.21. The molecule has 0 radical (unpaired) electrons. The van der Waals surface area contributed by atoms with Crippen molar-refractivity contribution in [3.63, 3.8) is 0 Å². The summed E-state index contributed by atoms with van der Waals surface area (Å²) in [6.07, 6.45) is 6.22. The van der Waals surface area contributed by atoms with E-state index in [-0.39, 0.29) is 23.3 Å². The number of aromatic nitrogens is 3. The lowest BCUT2D eigenvalue weighted by Gasteiger charge is -2.13. The third-order valence-corrected chi connectivity index (χ3v) is 7.08. The molecule has 134 valence electrons. The summed E-state index contributed by atoms with van der Waals surface area (Å²) in [6.45, 7) is 0. The van der Waals surface area contributed by atoms with Crippen LogP contribution < -0.4 is 5.32 Å². The fourth-order valence-electron chi connectivity index (χ4n) is 3.00. The highest BCUT2D eigenvalue weighted by Crippen LogP contribution is 2.26. The Kier molecular flexibility index (Phi) is 5.53. The van der Waals surface area contributed by atoms with E-state index in [0.717, 1.165) is 17.3 Å². The van der Waals surface area contributed by atoms with Gasteiger partial charge in [0, 0.05) is 10.9 Å². The van der Waals surface area contributed by atoms with Gasteiger partial charge in [-0.3, -0.25) is 4.79 Å². The molecule has 0 aliphatic heterocycles. The molecule has 0 atom stereocenters. The van der Waals surface area contributed by atoms with Gasteiger partial charge in [0.05, 0.1) is 22.4 Å². The fraction of sp³-hybridized carbons (Fsp3) is 0.438. The predicted molar refractivity (Wildman–Crippen MR) is 98.3 cm³/mol. The quantitative estimate of drug-likeness (QED) is 0.765. The van der Waals surface area contributed by atoms with Crippen LogP contribution in [0.15, 0.2) is 35.3 Å². The van der Waals surface area contributed by atoms with Crippen LogP contribution in [-0.2, 0) is 14.6 Å². The standard InChI is InChI=1S/C16H19BrN4O3S/c17-12-5-6-15(21-11-18-10-19-21)14(9-12)20-16(22)7-8-25(23,24)13-3-1-2-4-13/h5-6,9-11,13H,1-4,7-8H2,(H,20,22). The highest BCUT2D eigenvalue weighted by atomic mass is 79.9. The first kappa shape index (κ1) is 18.1. The monoisotopic (exact) mass is 426 g/mol. The second-order valence-corrected chi connectivity index (χ2v) is 9.39. The van der Waals surface area contributed by atoms with Gasteiger partial charge >= 0.3 is 0 Å². The fourth-order valence-corrected chi connectivity index (χ4v) is 5.22. The Labute approximate surface area is 154 Å². The van der Waals surface area contributed by atoms with Crippen LogP contribution in [0.1, 0.15) is 32.1 Å². The Morgan fingerprint density at radius 3 is 2.76 bits per heavy atom. The molecule has 1 aromatic carbocycles. The largest absolute Gasteiger partial charge is 0.324 e. The maximum atomic E-state index is 12.3. The molecule has 1 fully saturated rings. The average Bonchev–Trinajstić information content (AvgIpc) is 3.27. The van der Waals surface area contributed by atoms with Gasteiger partial charge in [-0.15, -0.1) is 0 Å². The number of carbonyl (C=O) groups is 1. The zero-order chi connectivity index (χ0) is 17.9. The van der Waals surface area contributed by atoms with Crippen LogP contribution in [0.2, 0.25) is 0 Å². The van der Waals surface area contributed by atoms with Crippen LogP contribution in [0.3, 0.4) is 0 Å². The highest BCUT2D eigenvalue weighted by molar-refractivity contribution is 9.10. The molecule has 0 bridgehead atoms. The lowest BCUT2D eigenvalue weighted by atomic mass is 10.2. The van der Waals surface area contributed by atoms with Crippen molar-refractivity contribution in [3.8, 4) is 5.69 Å². The van der Waals surface area contributed by atoms with Crippen LogP contribution in [0.4, 0.5) is 5.69 Å². The van der Waals surface area contributed by atoms with E-state index in [0.29, 0.717) is 24.2 Å². The van der Waals surface area contributed by atoms with Crippen molar-refractivity contribution in [2.24, 2.45) is 0 Å². The molecule has 1 aromatic heterocycles. The van der Waals surface area contributed by atoms with E-state index in [1.54, 1.807) is 12.1 Å². The first-order valence-corrected chi connectivity index (χ1v) is 10.6.